The highest BCUT2D eigenvalue weighted by molar-refractivity contribution is 7.07. The first kappa shape index (κ1) is 15.8. The van der Waals surface area contributed by atoms with Gasteiger partial charge < -0.3 is 4.90 Å². The minimum absolute atomic E-state index is 0.0675. The van der Waals surface area contributed by atoms with E-state index in [1.807, 2.05) is 12.3 Å². The van der Waals surface area contributed by atoms with Crippen molar-refractivity contribution in [1.82, 2.24) is 14.8 Å². The molecule has 5 heteroatoms. The number of pyridine rings is 1. The van der Waals surface area contributed by atoms with Crippen LogP contribution in [0.3, 0.4) is 0 Å². The van der Waals surface area contributed by atoms with Crippen LogP contribution in [0.15, 0.2) is 41.4 Å². The van der Waals surface area contributed by atoms with Gasteiger partial charge in [-0.25, -0.2) is 0 Å². The summed E-state index contributed by atoms with van der Waals surface area (Å²) in [6, 6.07) is 6.23. The van der Waals surface area contributed by atoms with Crippen molar-refractivity contribution in [3.63, 3.8) is 0 Å². The third-order valence-corrected chi connectivity index (χ3v) is 6.25. The molecule has 2 aliphatic heterocycles. The fraction of sp³-hybridized carbons (Fsp3) is 0.474. The molecule has 2 saturated heterocycles. The summed E-state index contributed by atoms with van der Waals surface area (Å²) >= 11 is 1.76. The Morgan fingerprint density at radius 3 is 2.71 bits per heavy atom. The van der Waals surface area contributed by atoms with Crippen molar-refractivity contribution in [1.29, 1.82) is 0 Å². The summed E-state index contributed by atoms with van der Waals surface area (Å²) in [5.41, 5.74) is 2.61. The molecule has 4 heterocycles. The molecule has 0 bridgehead atoms. The first-order valence-corrected chi connectivity index (χ1v) is 9.62. The molecule has 0 atom stereocenters. The Kier molecular flexibility index (Phi) is 4.37. The van der Waals surface area contributed by atoms with Gasteiger partial charge in [-0.1, -0.05) is 6.07 Å². The lowest BCUT2D eigenvalue weighted by Crippen LogP contribution is -2.52. The van der Waals surface area contributed by atoms with Gasteiger partial charge in [0.25, 0.3) is 0 Å². The van der Waals surface area contributed by atoms with E-state index in [1.165, 1.54) is 5.56 Å². The van der Waals surface area contributed by atoms with Crippen LogP contribution >= 0.6 is 11.3 Å². The van der Waals surface area contributed by atoms with E-state index in [0.29, 0.717) is 18.9 Å². The predicted molar refractivity (Wildman–Crippen MR) is 95.6 cm³/mol. The number of amides is 1. The topological polar surface area (TPSA) is 36.4 Å². The van der Waals surface area contributed by atoms with Gasteiger partial charge in [0.2, 0.25) is 5.91 Å². The molecule has 4 nitrogen and oxygen atoms in total. The maximum absolute atomic E-state index is 12.5. The van der Waals surface area contributed by atoms with Gasteiger partial charge in [-0.15, -0.1) is 0 Å². The fourth-order valence-corrected chi connectivity index (χ4v) is 4.75. The number of hydrogen-bond donors (Lipinski definition) is 0. The molecule has 24 heavy (non-hydrogen) atoms. The number of hydrogen-bond acceptors (Lipinski definition) is 4. The van der Waals surface area contributed by atoms with Crippen LogP contribution in [0.2, 0.25) is 0 Å². The second-order valence-corrected chi connectivity index (χ2v) is 7.75. The van der Waals surface area contributed by atoms with Crippen LogP contribution in [0.25, 0.3) is 0 Å². The largest absolute Gasteiger partial charge is 0.333 e. The minimum atomic E-state index is 0.0675. The van der Waals surface area contributed by atoms with Crippen LogP contribution in [0.4, 0.5) is 0 Å². The molecule has 0 N–H and O–H groups in total. The summed E-state index contributed by atoms with van der Waals surface area (Å²) in [6.45, 7) is 3.90. The quantitative estimate of drug-likeness (QED) is 0.856. The van der Waals surface area contributed by atoms with Gasteiger partial charge in [0.05, 0.1) is 0 Å². The number of thiophene rings is 1. The fourth-order valence-electron chi connectivity index (χ4n) is 4.09. The van der Waals surface area contributed by atoms with Crippen molar-refractivity contribution >= 4 is 17.2 Å². The van der Waals surface area contributed by atoms with Gasteiger partial charge in [-0.3, -0.25) is 14.7 Å². The smallest absolute Gasteiger partial charge is 0.223 e. The molecule has 1 spiro atoms. The van der Waals surface area contributed by atoms with Crippen molar-refractivity contribution < 1.29 is 4.79 Å². The molecule has 0 aliphatic carbocycles. The number of rotatable bonds is 4. The first-order chi connectivity index (χ1) is 11.8. The molecule has 0 aromatic carbocycles. The van der Waals surface area contributed by atoms with Gasteiger partial charge >= 0.3 is 0 Å². The van der Waals surface area contributed by atoms with E-state index in [2.05, 4.69) is 37.7 Å². The second kappa shape index (κ2) is 6.65. The van der Waals surface area contributed by atoms with Gasteiger partial charge in [0, 0.05) is 50.5 Å². The summed E-state index contributed by atoms with van der Waals surface area (Å²) in [5, 5.41) is 4.38. The number of nitrogens with zero attached hydrogens (tertiary/aromatic N) is 3. The average molecular weight is 341 g/mol. The Morgan fingerprint density at radius 1 is 1.12 bits per heavy atom. The Morgan fingerprint density at radius 2 is 2.00 bits per heavy atom. The normalized spacial score (nSPS) is 20.8. The van der Waals surface area contributed by atoms with Crippen LogP contribution in [-0.4, -0.2) is 39.3 Å². The highest BCUT2D eigenvalue weighted by Gasteiger charge is 2.46. The van der Waals surface area contributed by atoms with Crippen molar-refractivity contribution in [2.45, 2.75) is 44.3 Å². The average Bonchev–Trinajstić information content (AvgIpc) is 3.22. The molecule has 2 fully saturated rings. The third kappa shape index (κ3) is 3.10. The molecule has 2 aromatic rings. The number of carbonyl (C=O) groups excluding carboxylic acids is 1. The summed E-state index contributed by atoms with van der Waals surface area (Å²) in [6.07, 6.45) is 7.55. The summed E-state index contributed by atoms with van der Waals surface area (Å²) in [5.74, 6) is 0.310. The Hall–Kier alpha value is -1.72. The van der Waals surface area contributed by atoms with E-state index in [-0.39, 0.29) is 5.54 Å². The highest BCUT2D eigenvalue weighted by Crippen LogP contribution is 2.40. The SMILES string of the molecule is O=C1CCC2(CCN(Cc3ccsc3)CC2)N1Cc1cccnc1. The molecule has 2 aliphatic rings. The lowest BCUT2D eigenvalue weighted by molar-refractivity contribution is -0.133. The lowest BCUT2D eigenvalue weighted by atomic mass is 9.84. The molecule has 0 radical (unpaired) electrons. The number of carbonyl (C=O) groups is 1. The maximum atomic E-state index is 12.5. The van der Waals surface area contributed by atoms with Crippen LogP contribution in [0, 0.1) is 0 Å². The molecule has 0 unspecified atom stereocenters. The molecule has 4 rings (SSSR count). The number of likely N-dealkylation sites (tertiary alicyclic amines) is 2. The second-order valence-electron chi connectivity index (χ2n) is 6.97. The monoisotopic (exact) mass is 341 g/mol. The van der Waals surface area contributed by atoms with E-state index >= 15 is 0 Å². The van der Waals surface area contributed by atoms with Gasteiger partial charge in [-0.05, 0) is 53.3 Å². The van der Waals surface area contributed by atoms with Gasteiger partial charge in [-0.2, -0.15) is 11.3 Å². The summed E-state index contributed by atoms with van der Waals surface area (Å²) in [4.78, 5) is 21.3. The Labute approximate surface area is 147 Å². The molecule has 0 saturated carbocycles. The van der Waals surface area contributed by atoms with E-state index in [9.17, 15) is 4.79 Å². The van der Waals surface area contributed by atoms with Crippen LogP contribution in [0.1, 0.15) is 36.8 Å². The standard InChI is InChI=1S/C19H23N3OS/c23-18-3-5-19(22(18)14-16-2-1-8-20-12-16)6-9-21(10-7-19)13-17-4-11-24-15-17/h1-2,4,8,11-12,15H,3,5-7,9-10,13-14H2. The molecular formula is C19H23N3OS. The van der Waals surface area contributed by atoms with E-state index < -0.39 is 0 Å². The maximum Gasteiger partial charge on any atom is 0.223 e. The minimum Gasteiger partial charge on any atom is -0.333 e. The lowest BCUT2D eigenvalue weighted by Gasteiger charge is -2.45. The summed E-state index contributed by atoms with van der Waals surface area (Å²) in [7, 11) is 0. The van der Waals surface area contributed by atoms with Crippen LogP contribution in [-0.2, 0) is 17.9 Å². The molecular weight excluding hydrogens is 318 g/mol. The van der Waals surface area contributed by atoms with E-state index in [4.69, 9.17) is 0 Å². The number of piperidine rings is 1. The van der Waals surface area contributed by atoms with Crippen molar-refractivity contribution in [2.75, 3.05) is 13.1 Å². The Bertz CT molecular complexity index is 678. The molecule has 2 aromatic heterocycles. The van der Waals surface area contributed by atoms with Crippen LogP contribution in [0.5, 0.6) is 0 Å². The van der Waals surface area contributed by atoms with Crippen molar-refractivity contribution in [2.24, 2.45) is 0 Å². The van der Waals surface area contributed by atoms with Crippen molar-refractivity contribution in [3.05, 3.63) is 52.5 Å². The molecule has 1 amide bonds. The van der Waals surface area contributed by atoms with E-state index in [1.54, 1.807) is 17.5 Å². The van der Waals surface area contributed by atoms with Crippen LogP contribution < -0.4 is 0 Å². The Balaban J connectivity index is 1.43. The highest BCUT2D eigenvalue weighted by atomic mass is 32.1. The van der Waals surface area contributed by atoms with Gasteiger partial charge in [0.15, 0.2) is 0 Å². The first-order valence-electron chi connectivity index (χ1n) is 8.68. The zero-order valence-electron chi connectivity index (χ0n) is 13.9. The number of aromatic nitrogens is 1. The molecule has 126 valence electrons. The van der Waals surface area contributed by atoms with Crippen molar-refractivity contribution in [3.8, 4) is 0 Å². The zero-order valence-corrected chi connectivity index (χ0v) is 14.7. The summed E-state index contributed by atoms with van der Waals surface area (Å²) < 4.78 is 0. The third-order valence-electron chi connectivity index (χ3n) is 5.51. The zero-order chi connectivity index (χ0) is 16.4. The van der Waals surface area contributed by atoms with E-state index in [0.717, 1.165) is 44.5 Å². The predicted octanol–water partition coefficient (Wildman–Crippen LogP) is 3.30. The van der Waals surface area contributed by atoms with Gasteiger partial charge in [0.1, 0.15) is 0 Å².